The SMILES string of the molecule is O=c1[nH]c2cc(F)c(NC[C@H]3C[C@H]4CC[C@@H]3O4)cc2o1. The zero-order chi connectivity index (χ0) is 13.7. The van der Waals surface area contributed by atoms with E-state index in [1.54, 1.807) is 0 Å². The van der Waals surface area contributed by atoms with Crippen LogP contribution in [0.15, 0.2) is 21.3 Å². The highest BCUT2D eigenvalue weighted by Crippen LogP contribution is 2.38. The van der Waals surface area contributed by atoms with E-state index >= 15 is 0 Å². The van der Waals surface area contributed by atoms with E-state index in [-0.39, 0.29) is 0 Å². The van der Waals surface area contributed by atoms with Gasteiger partial charge in [-0.05, 0) is 19.3 Å². The Hall–Kier alpha value is -1.82. The standard InChI is InChI=1S/C14H15FN2O3/c15-9-4-11-13(20-14(18)17-11)5-10(9)16-6-7-3-8-1-2-12(7)19-8/h4-5,7-8,12,16H,1-3,6H2,(H,17,18)/t7-,8-,12+/m1/s1. The lowest BCUT2D eigenvalue weighted by Gasteiger charge is -2.19. The number of fused-ring (bicyclic) bond motifs is 3. The molecule has 2 aromatic rings. The van der Waals surface area contributed by atoms with Crippen molar-refractivity contribution in [3.8, 4) is 0 Å². The number of hydrogen-bond acceptors (Lipinski definition) is 4. The van der Waals surface area contributed by atoms with Gasteiger partial charge in [0.15, 0.2) is 5.58 Å². The Kier molecular flexibility index (Phi) is 2.60. The Morgan fingerprint density at radius 3 is 3.05 bits per heavy atom. The highest BCUT2D eigenvalue weighted by Gasteiger charge is 2.40. The monoisotopic (exact) mass is 278 g/mol. The van der Waals surface area contributed by atoms with Crippen LogP contribution < -0.4 is 11.1 Å². The van der Waals surface area contributed by atoms with Gasteiger partial charge in [0.05, 0.1) is 23.4 Å². The Morgan fingerprint density at radius 2 is 2.30 bits per heavy atom. The minimum Gasteiger partial charge on any atom is -0.408 e. The van der Waals surface area contributed by atoms with Crippen molar-refractivity contribution in [1.82, 2.24) is 4.98 Å². The number of ether oxygens (including phenoxy) is 1. The van der Waals surface area contributed by atoms with Gasteiger partial charge in [0.25, 0.3) is 0 Å². The fourth-order valence-corrected chi connectivity index (χ4v) is 3.31. The van der Waals surface area contributed by atoms with Crippen LogP contribution in [-0.4, -0.2) is 23.7 Å². The number of anilines is 1. The minimum absolute atomic E-state index is 0.310. The third-order valence-electron chi connectivity index (χ3n) is 4.30. The van der Waals surface area contributed by atoms with Crippen molar-refractivity contribution in [2.75, 3.05) is 11.9 Å². The molecule has 106 valence electrons. The fourth-order valence-electron chi connectivity index (χ4n) is 3.31. The van der Waals surface area contributed by atoms with Crippen LogP contribution in [-0.2, 0) is 4.74 Å². The molecule has 0 spiro atoms. The van der Waals surface area contributed by atoms with Gasteiger partial charge in [-0.1, -0.05) is 0 Å². The molecule has 2 bridgehead atoms. The smallest absolute Gasteiger partial charge is 0.408 e. The average molecular weight is 278 g/mol. The van der Waals surface area contributed by atoms with Crippen molar-refractivity contribution in [2.45, 2.75) is 31.5 Å². The highest BCUT2D eigenvalue weighted by atomic mass is 19.1. The second-order valence-electron chi connectivity index (χ2n) is 5.59. The van der Waals surface area contributed by atoms with E-state index in [4.69, 9.17) is 9.15 Å². The van der Waals surface area contributed by atoms with Gasteiger partial charge in [0, 0.05) is 24.6 Å². The van der Waals surface area contributed by atoms with E-state index in [0.717, 1.165) is 19.3 Å². The molecule has 4 rings (SSSR count). The summed E-state index contributed by atoms with van der Waals surface area (Å²) in [6.07, 6.45) is 3.99. The summed E-state index contributed by atoms with van der Waals surface area (Å²) in [6.45, 7) is 0.679. The van der Waals surface area contributed by atoms with Gasteiger partial charge >= 0.3 is 5.76 Å². The first kappa shape index (κ1) is 12.0. The van der Waals surface area contributed by atoms with E-state index in [9.17, 15) is 9.18 Å². The molecular formula is C14H15FN2O3. The largest absolute Gasteiger partial charge is 0.417 e. The number of benzene rings is 1. The summed E-state index contributed by atoms with van der Waals surface area (Å²) in [4.78, 5) is 13.5. The third kappa shape index (κ3) is 1.91. The summed E-state index contributed by atoms with van der Waals surface area (Å²) in [7, 11) is 0. The molecule has 2 aliphatic rings. The van der Waals surface area contributed by atoms with Gasteiger partial charge in [0.1, 0.15) is 5.82 Å². The van der Waals surface area contributed by atoms with Crippen molar-refractivity contribution in [1.29, 1.82) is 0 Å². The third-order valence-corrected chi connectivity index (χ3v) is 4.30. The van der Waals surface area contributed by atoms with Crippen LogP contribution in [0.5, 0.6) is 0 Å². The summed E-state index contributed by atoms with van der Waals surface area (Å²) < 4.78 is 24.7. The zero-order valence-corrected chi connectivity index (χ0v) is 10.8. The fraction of sp³-hybridized carbons (Fsp3) is 0.500. The molecule has 2 saturated heterocycles. The molecule has 20 heavy (non-hydrogen) atoms. The van der Waals surface area contributed by atoms with Gasteiger partial charge in [-0.2, -0.15) is 0 Å². The number of hydrogen-bond donors (Lipinski definition) is 2. The summed E-state index contributed by atoms with van der Waals surface area (Å²) in [6, 6.07) is 2.80. The van der Waals surface area contributed by atoms with Crippen molar-refractivity contribution in [3.05, 3.63) is 28.5 Å². The lowest BCUT2D eigenvalue weighted by molar-refractivity contribution is 0.0941. The molecule has 0 aliphatic carbocycles. The van der Waals surface area contributed by atoms with Crippen LogP contribution in [0.4, 0.5) is 10.1 Å². The van der Waals surface area contributed by atoms with Gasteiger partial charge in [-0.25, -0.2) is 9.18 Å². The molecule has 3 atom stereocenters. The predicted molar refractivity (Wildman–Crippen MR) is 71.3 cm³/mol. The minimum atomic E-state index is -0.571. The molecule has 2 N–H and O–H groups in total. The Morgan fingerprint density at radius 1 is 1.40 bits per heavy atom. The van der Waals surface area contributed by atoms with Crippen LogP contribution in [0, 0.1) is 11.7 Å². The molecule has 1 aromatic heterocycles. The average Bonchev–Trinajstić information content (AvgIpc) is 3.09. The van der Waals surface area contributed by atoms with Crippen molar-refractivity contribution in [3.63, 3.8) is 0 Å². The molecule has 2 fully saturated rings. The number of aromatic amines is 1. The van der Waals surface area contributed by atoms with E-state index in [2.05, 4.69) is 10.3 Å². The molecule has 0 radical (unpaired) electrons. The maximum absolute atomic E-state index is 13.9. The molecule has 3 heterocycles. The highest BCUT2D eigenvalue weighted by molar-refractivity contribution is 5.77. The first-order chi connectivity index (χ1) is 9.69. The van der Waals surface area contributed by atoms with E-state index in [1.807, 2.05) is 0 Å². The number of aromatic nitrogens is 1. The van der Waals surface area contributed by atoms with Gasteiger partial charge in [-0.15, -0.1) is 0 Å². The normalized spacial score (nSPS) is 28.4. The summed E-state index contributed by atoms with van der Waals surface area (Å²) in [5.41, 5.74) is 1.10. The van der Waals surface area contributed by atoms with E-state index in [0.29, 0.717) is 41.5 Å². The predicted octanol–water partition coefficient (Wildman–Crippen LogP) is 2.24. The molecule has 1 aromatic carbocycles. The van der Waals surface area contributed by atoms with Gasteiger partial charge in [0.2, 0.25) is 0 Å². The van der Waals surface area contributed by atoms with E-state index < -0.39 is 11.6 Å². The number of oxazole rings is 1. The molecule has 0 unspecified atom stereocenters. The molecule has 6 heteroatoms. The van der Waals surface area contributed by atoms with Crippen LogP contribution in [0.1, 0.15) is 19.3 Å². The van der Waals surface area contributed by atoms with Crippen molar-refractivity contribution < 1.29 is 13.5 Å². The number of halogens is 1. The van der Waals surface area contributed by atoms with Crippen LogP contribution >= 0.6 is 0 Å². The van der Waals surface area contributed by atoms with Gasteiger partial charge in [-0.3, -0.25) is 4.98 Å². The Labute approximate surface area is 114 Å². The number of nitrogens with one attached hydrogen (secondary N) is 2. The van der Waals surface area contributed by atoms with Crippen LogP contribution in [0.25, 0.3) is 11.1 Å². The first-order valence-electron chi connectivity index (χ1n) is 6.91. The maximum Gasteiger partial charge on any atom is 0.417 e. The summed E-state index contributed by atoms with van der Waals surface area (Å²) in [5, 5.41) is 3.11. The molecule has 0 saturated carbocycles. The van der Waals surface area contributed by atoms with Crippen LogP contribution in [0.2, 0.25) is 0 Å². The second-order valence-corrected chi connectivity index (χ2v) is 5.59. The maximum atomic E-state index is 13.9. The second kappa shape index (κ2) is 4.34. The van der Waals surface area contributed by atoms with Gasteiger partial charge < -0.3 is 14.5 Å². The number of H-pyrrole nitrogens is 1. The first-order valence-corrected chi connectivity index (χ1v) is 6.91. The van der Waals surface area contributed by atoms with E-state index in [1.165, 1.54) is 12.1 Å². The lowest BCUT2D eigenvalue weighted by Crippen LogP contribution is -2.24. The Bertz CT molecular complexity index is 708. The van der Waals surface area contributed by atoms with Crippen molar-refractivity contribution >= 4 is 16.8 Å². The molecular weight excluding hydrogens is 263 g/mol. The van der Waals surface area contributed by atoms with Crippen molar-refractivity contribution in [2.24, 2.45) is 5.92 Å². The molecule has 2 aliphatic heterocycles. The van der Waals surface area contributed by atoms with Crippen LogP contribution in [0.3, 0.4) is 0 Å². The summed E-state index contributed by atoms with van der Waals surface area (Å²) >= 11 is 0. The summed E-state index contributed by atoms with van der Waals surface area (Å²) in [5.74, 6) is -0.529. The lowest BCUT2D eigenvalue weighted by atomic mass is 9.89. The Balaban J connectivity index is 1.53. The number of rotatable bonds is 3. The topological polar surface area (TPSA) is 67.3 Å². The zero-order valence-electron chi connectivity index (χ0n) is 10.8. The quantitative estimate of drug-likeness (QED) is 0.903. The molecule has 0 amide bonds. The molecule has 5 nitrogen and oxygen atoms in total.